The summed E-state index contributed by atoms with van der Waals surface area (Å²) in [5.74, 6) is -1.49. The first-order valence-corrected chi connectivity index (χ1v) is 6.85. The molecule has 19 heavy (non-hydrogen) atoms. The largest absolute Gasteiger partial charge is 0.480 e. The van der Waals surface area contributed by atoms with E-state index in [1.54, 1.807) is 4.90 Å². The van der Waals surface area contributed by atoms with E-state index in [0.717, 1.165) is 12.8 Å². The van der Waals surface area contributed by atoms with Crippen LogP contribution in [0.15, 0.2) is 0 Å². The van der Waals surface area contributed by atoms with Gasteiger partial charge in [-0.15, -0.1) is 0 Å². The van der Waals surface area contributed by atoms with Crippen LogP contribution in [0.4, 0.5) is 0 Å². The van der Waals surface area contributed by atoms with Gasteiger partial charge in [0.25, 0.3) is 0 Å². The van der Waals surface area contributed by atoms with E-state index in [2.05, 4.69) is 0 Å². The minimum Gasteiger partial charge on any atom is -0.480 e. The van der Waals surface area contributed by atoms with E-state index in [-0.39, 0.29) is 24.2 Å². The van der Waals surface area contributed by atoms with Gasteiger partial charge in [-0.05, 0) is 26.2 Å². The van der Waals surface area contributed by atoms with Crippen LogP contribution >= 0.6 is 0 Å². The SMILES string of the molecule is CCN1CC(C(=O)N2CCCCC2C(=O)O)CC1=O. The number of aliphatic carboxylic acids is 1. The molecule has 2 amide bonds. The fourth-order valence-corrected chi connectivity index (χ4v) is 2.93. The Bertz CT molecular complexity index is 396. The number of likely N-dealkylation sites (tertiary alicyclic amines) is 2. The molecular formula is C13H20N2O4. The first kappa shape index (κ1) is 13.8. The zero-order chi connectivity index (χ0) is 14.0. The van der Waals surface area contributed by atoms with Crippen LogP contribution in [0.1, 0.15) is 32.6 Å². The molecule has 0 aromatic rings. The lowest BCUT2D eigenvalue weighted by atomic mass is 9.98. The van der Waals surface area contributed by atoms with Gasteiger partial charge in [0.2, 0.25) is 11.8 Å². The molecule has 0 aromatic carbocycles. The van der Waals surface area contributed by atoms with Crippen LogP contribution < -0.4 is 0 Å². The highest BCUT2D eigenvalue weighted by Crippen LogP contribution is 2.24. The number of carboxylic acid groups (broad SMARTS) is 1. The molecule has 0 aliphatic carbocycles. The maximum Gasteiger partial charge on any atom is 0.326 e. The molecule has 2 atom stereocenters. The van der Waals surface area contributed by atoms with Crippen molar-refractivity contribution in [3.05, 3.63) is 0 Å². The maximum atomic E-state index is 12.4. The Kier molecular flexibility index (Phi) is 4.07. The third-order valence-electron chi connectivity index (χ3n) is 4.02. The van der Waals surface area contributed by atoms with Crippen molar-refractivity contribution in [2.24, 2.45) is 5.92 Å². The molecule has 2 unspecified atom stereocenters. The first-order chi connectivity index (χ1) is 9.04. The van der Waals surface area contributed by atoms with Crippen LogP contribution in [0, 0.1) is 5.92 Å². The van der Waals surface area contributed by atoms with Gasteiger partial charge in [-0.2, -0.15) is 0 Å². The molecule has 0 radical (unpaired) electrons. The average Bonchev–Trinajstić information content (AvgIpc) is 2.79. The van der Waals surface area contributed by atoms with Crippen LogP contribution in [0.25, 0.3) is 0 Å². The van der Waals surface area contributed by atoms with Gasteiger partial charge in [-0.1, -0.05) is 0 Å². The Balaban J connectivity index is 2.06. The third-order valence-corrected chi connectivity index (χ3v) is 4.02. The van der Waals surface area contributed by atoms with E-state index in [1.165, 1.54) is 4.90 Å². The Morgan fingerprint density at radius 2 is 2.11 bits per heavy atom. The fraction of sp³-hybridized carbons (Fsp3) is 0.769. The second-order valence-corrected chi connectivity index (χ2v) is 5.21. The van der Waals surface area contributed by atoms with E-state index < -0.39 is 12.0 Å². The predicted molar refractivity (Wildman–Crippen MR) is 67.3 cm³/mol. The molecule has 2 rings (SSSR count). The van der Waals surface area contributed by atoms with Crippen molar-refractivity contribution >= 4 is 17.8 Å². The lowest BCUT2D eigenvalue weighted by Crippen LogP contribution is -2.50. The number of hydrogen-bond donors (Lipinski definition) is 1. The van der Waals surface area contributed by atoms with Crippen LogP contribution in [0.2, 0.25) is 0 Å². The molecule has 2 aliphatic rings. The Morgan fingerprint density at radius 3 is 2.68 bits per heavy atom. The van der Waals surface area contributed by atoms with E-state index in [4.69, 9.17) is 0 Å². The van der Waals surface area contributed by atoms with E-state index in [1.807, 2.05) is 6.92 Å². The summed E-state index contributed by atoms with van der Waals surface area (Å²) < 4.78 is 0. The fourth-order valence-electron chi connectivity index (χ4n) is 2.93. The van der Waals surface area contributed by atoms with Gasteiger partial charge >= 0.3 is 5.97 Å². The molecule has 6 nitrogen and oxygen atoms in total. The number of hydrogen-bond acceptors (Lipinski definition) is 3. The smallest absolute Gasteiger partial charge is 0.326 e. The molecule has 0 aromatic heterocycles. The van der Waals surface area contributed by atoms with E-state index >= 15 is 0 Å². The van der Waals surface area contributed by atoms with Crippen LogP contribution in [0.3, 0.4) is 0 Å². The highest BCUT2D eigenvalue weighted by atomic mass is 16.4. The van der Waals surface area contributed by atoms with Gasteiger partial charge in [0, 0.05) is 26.1 Å². The molecule has 2 saturated heterocycles. The minimum atomic E-state index is -0.940. The molecule has 6 heteroatoms. The molecule has 0 saturated carbocycles. The molecule has 0 spiro atoms. The number of carbonyl (C=O) groups is 3. The van der Waals surface area contributed by atoms with Gasteiger partial charge in [0.1, 0.15) is 6.04 Å². The molecule has 2 fully saturated rings. The molecule has 106 valence electrons. The average molecular weight is 268 g/mol. The molecule has 0 bridgehead atoms. The number of nitrogens with zero attached hydrogens (tertiary/aromatic N) is 2. The standard InChI is InChI=1S/C13H20N2O4/c1-2-14-8-9(7-11(14)16)12(17)15-6-4-3-5-10(15)13(18)19/h9-10H,2-8H2,1H3,(H,18,19). The molecule has 2 aliphatic heterocycles. The number of carbonyl (C=O) groups excluding carboxylic acids is 2. The topological polar surface area (TPSA) is 77.9 Å². The van der Waals surface area contributed by atoms with Gasteiger partial charge in [-0.25, -0.2) is 4.79 Å². The number of piperidine rings is 1. The van der Waals surface area contributed by atoms with Crippen molar-refractivity contribution in [2.45, 2.75) is 38.6 Å². The van der Waals surface area contributed by atoms with E-state index in [9.17, 15) is 19.5 Å². The summed E-state index contributed by atoms with van der Waals surface area (Å²) in [5.41, 5.74) is 0. The first-order valence-electron chi connectivity index (χ1n) is 6.85. The van der Waals surface area contributed by atoms with Gasteiger partial charge in [-0.3, -0.25) is 9.59 Å². The van der Waals surface area contributed by atoms with Crippen molar-refractivity contribution in [1.82, 2.24) is 9.80 Å². The number of amides is 2. The summed E-state index contributed by atoms with van der Waals surface area (Å²) in [5, 5.41) is 9.18. The van der Waals surface area contributed by atoms with Gasteiger partial charge in [0.15, 0.2) is 0 Å². The van der Waals surface area contributed by atoms with Crippen LogP contribution in [-0.2, 0) is 14.4 Å². The lowest BCUT2D eigenvalue weighted by molar-refractivity contribution is -0.153. The van der Waals surface area contributed by atoms with Crippen molar-refractivity contribution in [2.75, 3.05) is 19.6 Å². The van der Waals surface area contributed by atoms with Crippen molar-refractivity contribution < 1.29 is 19.5 Å². The summed E-state index contributed by atoms with van der Waals surface area (Å²) in [7, 11) is 0. The third kappa shape index (κ3) is 2.72. The Hall–Kier alpha value is -1.59. The monoisotopic (exact) mass is 268 g/mol. The zero-order valence-electron chi connectivity index (χ0n) is 11.2. The molecule has 2 heterocycles. The highest BCUT2D eigenvalue weighted by Gasteiger charge is 2.40. The van der Waals surface area contributed by atoms with Crippen LogP contribution in [0.5, 0.6) is 0 Å². The van der Waals surface area contributed by atoms with Crippen molar-refractivity contribution in [3.63, 3.8) is 0 Å². The summed E-state index contributed by atoms with van der Waals surface area (Å²) in [6.07, 6.45) is 2.41. The maximum absolute atomic E-state index is 12.4. The van der Waals surface area contributed by atoms with E-state index in [0.29, 0.717) is 26.1 Å². The van der Waals surface area contributed by atoms with Gasteiger partial charge < -0.3 is 14.9 Å². The lowest BCUT2D eigenvalue weighted by Gasteiger charge is -2.34. The van der Waals surface area contributed by atoms with Gasteiger partial charge in [0.05, 0.1) is 5.92 Å². The quantitative estimate of drug-likeness (QED) is 0.799. The molecular weight excluding hydrogens is 248 g/mol. The second-order valence-electron chi connectivity index (χ2n) is 5.21. The van der Waals surface area contributed by atoms with Crippen molar-refractivity contribution in [1.29, 1.82) is 0 Å². The predicted octanol–water partition coefficient (Wildman–Crippen LogP) is 0.320. The Morgan fingerprint density at radius 1 is 1.37 bits per heavy atom. The number of carboxylic acids is 1. The Labute approximate surface area is 112 Å². The summed E-state index contributed by atoms with van der Waals surface area (Å²) >= 11 is 0. The summed E-state index contributed by atoms with van der Waals surface area (Å²) in [6.45, 7) is 3.40. The minimum absolute atomic E-state index is 0.00951. The normalized spacial score (nSPS) is 27.7. The highest BCUT2D eigenvalue weighted by molar-refractivity contribution is 5.91. The summed E-state index contributed by atoms with van der Waals surface area (Å²) in [4.78, 5) is 38.4. The van der Waals surface area contributed by atoms with Crippen molar-refractivity contribution in [3.8, 4) is 0 Å². The van der Waals surface area contributed by atoms with Crippen LogP contribution in [-0.4, -0.2) is 58.4 Å². The second kappa shape index (κ2) is 5.59. The number of rotatable bonds is 3. The zero-order valence-corrected chi connectivity index (χ0v) is 11.2. The summed E-state index contributed by atoms with van der Waals surface area (Å²) in [6, 6.07) is -0.716. The molecule has 1 N–H and O–H groups in total.